The number of aromatic amines is 1. The van der Waals surface area contributed by atoms with Crippen molar-refractivity contribution in [2.75, 3.05) is 7.11 Å². The van der Waals surface area contributed by atoms with Gasteiger partial charge in [0, 0.05) is 10.9 Å². The largest absolute Gasteiger partial charge is 0.496 e. The van der Waals surface area contributed by atoms with Gasteiger partial charge in [0.05, 0.1) is 12.8 Å². The van der Waals surface area contributed by atoms with E-state index in [1.165, 1.54) is 0 Å². The van der Waals surface area contributed by atoms with Crippen LogP contribution in [0.1, 0.15) is 10.5 Å². The number of aldehydes is 1. The van der Waals surface area contributed by atoms with Crippen molar-refractivity contribution in [3.05, 3.63) is 23.9 Å². The van der Waals surface area contributed by atoms with Gasteiger partial charge >= 0.3 is 0 Å². The maximum Gasteiger partial charge on any atom is 0.166 e. The molecule has 0 amide bonds. The molecule has 4 heteroatoms. The molecule has 0 radical (unpaired) electrons. The Morgan fingerprint density at radius 3 is 2.93 bits per heavy atom. The minimum absolute atomic E-state index is 0.576. The van der Waals surface area contributed by atoms with Crippen LogP contribution in [-0.4, -0.2) is 26.2 Å². The van der Waals surface area contributed by atoms with Gasteiger partial charge in [-0.1, -0.05) is 11.5 Å². The van der Waals surface area contributed by atoms with Crippen molar-refractivity contribution in [2.24, 2.45) is 0 Å². The van der Waals surface area contributed by atoms with Gasteiger partial charge in [-0.15, -0.1) is 0 Å². The highest BCUT2D eigenvalue weighted by Gasteiger charge is 2.07. The number of methoxy groups -OCH3 is 1. The molecule has 3 nitrogen and oxygen atoms in total. The van der Waals surface area contributed by atoms with Crippen molar-refractivity contribution in [3.63, 3.8) is 0 Å². The van der Waals surface area contributed by atoms with Crippen molar-refractivity contribution in [1.82, 2.24) is 4.98 Å². The maximum atomic E-state index is 10.6. The average Bonchev–Trinajstić information content (AvgIpc) is 2.63. The third kappa shape index (κ3) is 1.19. The van der Waals surface area contributed by atoms with E-state index in [2.05, 4.69) is 4.98 Å². The molecule has 0 atom stereocenters. The van der Waals surface area contributed by atoms with E-state index in [1.807, 2.05) is 20.0 Å². The second-order valence-electron chi connectivity index (χ2n) is 3.22. The van der Waals surface area contributed by atoms with Gasteiger partial charge in [-0.05, 0) is 12.1 Å². The Hall–Kier alpha value is -1.71. The van der Waals surface area contributed by atoms with Crippen LogP contribution in [0.3, 0.4) is 0 Å². The molecule has 0 aliphatic carbocycles. The Balaban J connectivity index is 2.81. The molecule has 0 fully saturated rings. The van der Waals surface area contributed by atoms with E-state index in [-0.39, 0.29) is 0 Å². The summed E-state index contributed by atoms with van der Waals surface area (Å²) in [4.78, 5) is 13.7. The summed E-state index contributed by atoms with van der Waals surface area (Å²) in [5.74, 6) is 0.787. The standard InChI is InChI=1S/C10H10BNO2/c1-14-9-3-2-8(11)10-7(9)4-6(5-13)12-10/h2-5,12H,11H2,1H3. The first-order valence-electron chi connectivity index (χ1n) is 4.37. The van der Waals surface area contributed by atoms with E-state index in [4.69, 9.17) is 4.74 Å². The number of hydrogen-bond donors (Lipinski definition) is 1. The van der Waals surface area contributed by atoms with E-state index in [0.717, 1.165) is 28.4 Å². The van der Waals surface area contributed by atoms with E-state index < -0.39 is 0 Å². The lowest BCUT2D eigenvalue weighted by Gasteiger charge is -2.02. The molecule has 70 valence electrons. The predicted molar refractivity (Wildman–Crippen MR) is 58.4 cm³/mol. The minimum atomic E-state index is 0.576. The van der Waals surface area contributed by atoms with Crippen molar-refractivity contribution in [2.45, 2.75) is 0 Å². The summed E-state index contributed by atoms with van der Waals surface area (Å²) in [5, 5.41) is 0.953. The van der Waals surface area contributed by atoms with Crippen LogP contribution in [0.15, 0.2) is 18.2 Å². The number of carbonyl (C=O) groups is 1. The Morgan fingerprint density at radius 1 is 1.50 bits per heavy atom. The van der Waals surface area contributed by atoms with Gasteiger partial charge in [-0.3, -0.25) is 4.79 Å². The number of carbonyl (C=O) groups excluding carboxylic acids is 1. The highest BCUT2D eigenvalue weighted by atomic mass is 16.5. The van der Waals surface area contributed by atoms with Crippen LogP contribution in [0.2, 0.25) is 0 Å². The lowest BCUT2D eigenvalue weighted by Crippen LogP contribution is -2.03. The van der Waals surface area contributed by atoms with E-state index in [9.17, 15) is 4.79 Å². The van der Waals surface area contributed by atoms with E-state index in [0.29, 0.717) is 5.69 Å². The quantitative estimate of drug-likeness (QED) is 0.540. The lowest BCUT2D eigenvalue weighted by molar-refractivity contribution is 0.112. The van der Waals surface area contributed by atoms with Crippen LogP contribution in [0.25, 0.3) is 10.9 Å². The highest BCUT2D eigenvalue weighted by molar-refractivity contribution is 6.38. The van der Waals surface area contributed by atoms with Crippen LogP contribution >= 0.6 is 0 Å². The fourth-order valence-electron chi connectivity index (χ4n) is 1.60. The maximum absolute atomic E-state index is 10.6. The molecular formula is C10H10BNO2. The fraction of sp³-hybridized carbons (Fsp3) is 0.100. The molecule has 2 aromatic rings. The summed E-state index contributed by atoms with van der Waals surface area (Å²) in [6, 6.07) is 5.67. The average molecular weight is 187 g/mol. The van der Waals surface area contributed by atoms with E-state index in [1.54, 1.807) is 13.2 Å². The molecular weight excluding hydrogens is 177 g/mol. The van der Waals surface area contributed by atoms with Crippen molar-refractivity contribution in [3.8, 4) is 5.75 Å². The third-order valence-electron chi connectivity index (χ3n) is 2.33. The zero-order valence-electron chi connectivity index (χ0n) is 8.13. The Morgan fingerprint density at radius 2 is 2.29 bits per heavy atom. The Bertz CT molecular complexity index is 490. The monoisotopic (exact) mass is 187 g/mol. The number of benzene rings is 1. The molecule has 0 aliphatic heterocycles. The summed E-state index contributed by atoms with van der Waals surface area (Å²) in [6.07, 6.45) is 0.804. The molecule has 0 unspecified atom stereocenters. The molecule has 0 saturated carbocycles. The normalized spacial score (nSPS) is 10.4. The molecule has 0 spiro atoms. The van der Waals surface area contributed by atoms with Gasteiger partial charge < -0.3 is 9.72 Å². The zero-order chi connectivity index (χ0) is 10.1. The Labute approximate surface area is 82.5 Å². The molecule has 1 aromatic carbocycles. The number of hydrogen-bond acceptors (Lipinski definition) is 2. The first kappa shape index (κ1) is 8.87. The molecule has 14 heavy (non-hydrogen) atoms. The van der Waals surface area contributed by atoms with Gasteiger partial charge in [0.15, 0.2) is 6.29 Å². The second kappa shape index (κ2) is 3.22. The fourth-order valence-corrected chi connectivity index (χ4v) is 1.60. The van der Waals surface area contributed by atoms with Crippen molar-refractivity contribution >= 4 is 30.5 Å². The number of H-pyrrole nitrogens is 1. The minimum Gasteiger partial charge on any atom is -0.496 e. The van der Waals surface area contributed by atoms with Crippen LogP contribution in [0.5, 0.6) is 5.75 Å². The number of rotatable bonds is 2. The molecule has 1 aromatic heterocycles. The van der Waals surface area contributed by atoms with Crippen molar-refractivity contribution < 1.29 is 9.53 Å². The first-order chi connectivity index (χ1) is 6.76. The van der Waals surface area contributed by atoms with Gasteiger partial charge in [-0.25, -0.2) is 0 Å². The predicted octanol–water partition coefficient (Wildman–Crippen LogP) is 0.247. The second-order valence-corrected chi connectivity index (χ2v) is 3.22. The van der Waals surface area contributed by atoms with Crippen molar-refractivity contribution in [1.29, 1.82) is 0 Å². The van der Waals surface area contributed by atoms with Crippen LogP contribution in [-0.2, 0) is 0 Å². The zero-order valence-corrected chi connectivity index (χ0v) is 8.13. The summed E-state index contributed by atoms with van der Waals surface area (Å²) in [7, 11) is 3.62. The molecule has 1 N–H and O–H groups in total. The molecule has 2 rings (SSSR count). The SMILES string of the molecule is Bc1ccc(OC)c2cc(C=O)[nH]c12. The highest BCUT2D eigenvalue weighted by Crippen LogP contribution is 2.23. The molecule has 0 aliphatic rings. The summed E-state index contributed by atoms with van der Waals surface area (Å²) >= 11 is 0. The lowest BCUT2D eigenvalue weighted by atomic mass is 9.94. The molecule has 0 bridgehead atoms. The van der Waals surface area contributed by atoms with Gasteiger partial charge in [-0.2, -0.15) is 0 Å². The van der Waals surface area contributed by atoms with Crippen LogP contribution in [0.4, 0.5) is 0 Å². The van der Waals surface area contributed by atoms with Gasteiger partial charge in [0.1, 0.15) is 13.6 Å². The third-order valence-corrected chi connectivity index (χ3v) is 2.33. The van der Waals surface area contributed by atoms with Gasteiger partial charge in [0.2, 0.25) is 0 Å². The number of aromatic nitrogens is 1. The van der Waals surface area contributed by atoms with Crippen LogP contribution < -0.4 is 10.2 Å². The summed E-state index contributed by atoms with van der Waals surface area (Å²) < 4.78 is 5.20. The summed E-state index contributed by atoms with van der Waals surface area (Å²) in [5.41, 5.74) is 2.65. The first-order valence-corrected chi connectivity index (χ1v) is 4.37. The smallest absolute Gasteiger partial charge is 0.166 e. The summed E-state index contributed by atoms with van der Waals surface area (Å²) in [6.45, 7) is 0. The number of fused-ring (bicyclic) bond motifs is 1. The van der Waals surface area contributed by atoms with E-state index >= 15 is 0 Å². The Kier molecular flexibility index (Phi) is 2.04. The molecule has 0 saturated heterocycles. The van der Waals surface area contributed by atoms with Crippen LogP contribution in [0, 0.1) is 0 Å². The number of ether oxygens (including phenoxy) is 1. The number of nitrogens with one attached hydrogen (secondary N) is 1. The topological polar surface area (TPSA) is 42.1 Å². The van der Waals surface area contributed by atoms with Gasteiger partial charge in [0.25, 0.3) is 0 Å². The molecule has 1 heterocycles.